The van der Waals surface area contributed by atoms with Gasteiger partial charge in [0, 0.05) is 25.0 Å². The Morgan fingerprint density at radius 2 is 1.86 bits per heavy atom. The quantitative estimate of drug-likeness (QED) is 0.597. The Bertz CT molecular complexity index is 372. The van der Waals surface area contributed by atoms with E-state index < -0.39 is 36.0 Å². The van der Waals surface area contributed by atoms with Crippen molar-refractivity contribution in [1.29, 1.82) is 0 Å². The Kier molecular flexibility index (Phi) is 5.98. The Labute approximate surface area is 125 Å². The highest BCUT2D eigenvalue weighted by Crippen LogP contribution is 2.34. The molecule has 0 aliphatic carbocycles. The van der Waals surface area contributed by atoms with Crippen molar-refractivity contribution in [2.24, 2.45) is 5.41 Å². The van der Waals surface area contributed by atoms with Crippen molar-refractivity contribution in [1.82, 2.24) is 4.90 Å². The van der Waals surface area contributed by atoms with Crippen LogP contribution in [0.4, 0.5) is 4.79 Å². The minimum Gasteiger partial charge on any atom is -0.465 e. The molecule has 122 valence electrons. The zero-order valence-corrected chi connectivity index (χ0v) is 13.3. The van der Waals surface area contributed by atoms with Crippen LogP contribution in [0.1, 0.15) is 41.0 Å². The second-order valence-electron chi connectivity index (χ2n) is 5.94. The number of hydrogen-bond acceptors (Lipinski definition) is 5. The van der Waals surface area contributed by atoms with E-state index in [4.69, 9.17) is 14.2 Å². The highest BCUT2D eigenvalue weighted by atomic mass is 16.7. The van der Waals surface area contributed by atoms with Gasteiger partial charge in [0.1, 0.15) is 6.04 Å². The summed E-state index contributed by atoms with van der Waals surface area (Å²) in [7, 11) is 0. The van der Waals surface area contributed by atoms with Gasteiger partial charge in [0.05, 0.1) is 0 Å². The second-order valence-corrected chi connectivity index (χ2v) is 5.94. The van der Waals surface area contributed by atoms with E-state index in [1.807, 2.05) is 34.6 Å². The zero-order chi connectivity index (χ0) is 16.2. The van der Waals surface area contributed by atoms with Gasteiger partial charge in [0.2, 0.25) is 0 Å². The van der Waals surface area contributed by atoms with Crippen molar-refractivity contribution < 1.29 is 28.9 Å². The van der Waals surface area contributed by atoms with E-state index in [9.17, 15) is 14.7 Å². The van der Waals surface area contributed by atoms with Crippen molar-refractivity contribution in [3.05, 3.63) is 0 Å². The maximum Gasteiger partial charge on any atom is 0.410 e. The Balaban J connectivity index is 2.92. The first-order valence-corrected chi connectivity index (χ1v) is 7.17. The van der Waals surface area contributed by atoms with E-state index in [0.717, 1.165) is 4.90 Å². The van der Waals surface area contributed by atoms with Crippen LogP contribution in [0, 0.1) is 5.41 Å². The number of ether oxygens (including phenoxy) is 3. The molecule has 1 fully saturated rings. The monoisotopic (exact) mass is 303 g/mol. The summed E-state index contributed by atoms with van der Waals surface area (Å²) in [5.41, 5.74) is -0.504. The zero-order valence-electron chi connectivity index (χ0n) is 13.3. The summed E-state index contributed by atoms with van der Waals surface area (Å²) >= 11 is 0. The SMILES string of the molecule is CCOC(C[C@H]1C(=O)O[C@@H](C(C)(C)C)N1C(=O)O)OCC. The standard InChI is InChI=1S/C14H25NO6/c1-6-19-10(20-7-2)8-9-11(16)21-12(14(3,4)5)15(9)13(17)18/h9-10,12H,6-8H2,1-5H3,(H,17,18)/t9-,12-/m0/s1. The molecule has 0 spiro atoms. The molecule has 1 saturated heterocycles. The fourth-order valence-corrected chi connectivity index (χ4v) is 2.30. The maximum absolute atomic E-state index is 12.1. The smallest absolute Gasteiger partial charge is 0.410 e. The fourth-order valence-electron chi connectivity index (χ4n) is 2.30. The number of carbonyl (C=O) groups excluding carboxylic acids is 1. The molecule has 0 aromatic heterocycles. The van der Waals surface area contributed by atoms with Gasteiger partial charge in [-0.15, -0.1) is 0 Å². The highest BCUT2D eigenvalue weighted by molar-refractivity contribution is 5.84. The van der Waals surface area contributed by atoms with Crippen LogP contribution in [0.5, 0.6) is 0 Å². The summed E-state index contributed by atoms with van der Waals surface area (Å²) in [6.45, 7) is 9.94. The van der Waals surface area contributed by atoms with Gasteiger partial charge in [-0.2, -0.15) is 0 Å². The number of carboxylic acid groups (broad SMARTS) is 1. The summed E-state index contributed by atoms with van der Waals surface area (Å²) in [6.07, 6.45) is -2.49. The van der Waals surface area contributed by atoms with E-state index in [-0.39, 0.29) is 6.42 Å². The molecule has 1 rings (SSSR count). The lowest BCUT2D eigenvalue weighted by molar-refractivity contribution is -0.155. The normalized spacial score (nSPS) is 22.8. The predicted octanol–water partition coefficient (Wildman–Crippen LogP) is 2.05. The van der Waals surface area contributed by atoms with Crippen LogP contribution in [0.25, 0.3) is 0 Å². The van der Waals surface area contributed by atoms with Crippen LogP contribution in [0.15, 0.2) is 0 Å². The third-order valence-corrected chi connectivity index (χ3v) is 3.17. The molecule has 1 aliphatic rings. The number of cyclic esters (lactones) is 1. The van der Waals surface area contributed by atoms with Gasteiger partial charge in [-0.25, -0.2) is 9.59 Å². The number of amides is 1. The van der Waals surface area contributed by atoms with E-state index in [0.29, 0.717) is 13.2 Å². The number of esters is 1. The third kappa shape index (κ3) is 4.31. The Hall–Kier alpha value is -1.34. The average molecular weight is 303 g/mol. The Morgan fingerprint density at radius 1 is 1.33 bits per heavy atom. The molecule has 0 unspecified atom stereocenters. The topological polar surface area (TPSA) is 85.3 Å². The molecular formula is C14H25NO6. The van der Waals surface area contributed by atoms with Gasteiger partial charge in [-0.3, -0.25) is 4.90 Å². The maximum atomic E-state index is 12.1. The van der Waals surface area contributed by atoms with Crippen LogP contribution >= 0.6 is 0 Å². The van der Waals surface area contributed by atoms with Gasteiger partial charge < -0.3 is 19.3 Å². The van der Waals surface area contributed by atoms with Crippen molar-refractivity contribution in [2.45, 2.75) is 59.6 Å². The summed E-state index contributed by atoms with van der Waals surface area (Å²) in [6, 6.07) is -0.908. The van der Waals surface area contributed by atoms with Crippen LogP contribution in [0.3, 0.4) is 0 Å². The van der Waals surface area contributed by atoms with Gasteiger partial charge in [-0.1, -0.05) is 20.8 Å². The molecule has 2 atom stereocenters. The molecule has 21 heavy (non-hydrogen) atoms. The van der Waals surface area contributed by atoms with E-state index in [2.05, 4.69) is 0 Å². The summed E-state index contributed by atoms with van der Waals surface area (Å²) in [5.74, 6) is -0.554. The van der Waals surface area contributed by atoms with Crippen LogP contribution in [-0.4, -0.2) is 53.8 Å². The molecule has 1 amide bonds. The highest BCUT2D eigenvalue weighted by Gasteiger charge is 2.50. The minimum atomic E-state index is -1.18. The molecule has 1 aliphatic heterocycles. The Morgan fingerprint density at radius 3 is 2.24 bits per heavy atom. The molecule has 7 heteroatoms. The van der Waals surface area contributed by atoms with Crippen LogP contribution < -0.4 is 0 Å². The first-order chi connectivity index (χ1) is 9.72. The lowest BCUT2D eigenvalue weighted by Gasteiger charge is -2.32. The fraction of sp³-hybridized carbons (Fsp3) is 0.857. The van der Waals surface area contributed by atoms with Gasteiger partial charge >= 0.3 is 12.1 Å². The van der Waals surface area contributed by atoms with Crippen molar-refractivity contribution in [3.63, 3.8) is 0 Å². The number of hydrogen-bond donors (Lipinski definition) is 1. The number of nitrogens with zero attached hydrogens (tertiary/aromatic N) is 1. The van der Waals surface area contributed by atoms with Crippen LogP contribution in [0.2, 0.25) is 0 Å². The first kappa shape index (κ1) is 17.7. The van der Waals surface area contributed by atoms with Crippen molar-refractivity contribution in [2.75, 3.05) is 13.2 Å². The predicted molar refractivity (Wildman–Crippen MR) is 74.6 cm³/mol. The molecule has 0 radical (unpaired) electrons. The van der Waals surface area contributed by atoms with E-state index >= 15 is 0 Å². The minimum absolute atomic E-state index is 0.124. The molecule has 1 heterocycles. The molecular weight excluding hydrogens is 278 g/mol. The third-order valence-electron chi connectivity index (χ3n) is 3.17. The van der Waals surface area contributed by atoms with E-state index in [1.54, 1.807) is 0 Å². The van der Waals surface area contributed by atoms with Gasteiger partial charge in [-0.05, 0) is 13.8 Å². The van der Waals surface area contributed by atoms with Crippen molar-refractivity contribution >= 4 is 12.1 Å². The molecule has 0 bridgehead atoms. The summed E-state index contributed by atoms with van der Waals surface area (Å²) < 4.78 is 16.0. The second kappa shape index (κ2) is 7.09. The summed E-state index contributed by atoms with van der Waals surface area (Å²) in [5, 5.41) is 9.42. The number of carbonyl (C=O) groups is 2. The van der Waals surface area contributed by atoms with Gasteiger partial charge in [0.25, 0.3) is 0 Å². The van der Waals surface area contributed by atoms with Gasteiger partial charge in [0.15, 0.2) is 12.5 Å². The molecule has 1 N–H and O–H groups in total. The lowest BCUT2D eigenvalue weighted by Crippen LogP contribution is -2.48. The van der Waals surface area contributed by atoms with E-state index in [1.165, 1.54) is 0 Å². The summed E-state index contributed by atoms with van der Waals surface area (Å²) in [4.78, 5) is 24.6. The first-order valence-electron chi connectivity index (χ1n) is 7.17. The lowest BCUT2D eigenvalue weighted by atomic mass is 9.93. The molecule has 7 nitrogen and oxygen atoms in total. The van der Waals surface area contributed by atoms with Crippen molar-refractivity contribution in [3.8, 4) is 0 Å². The largest absolute Gasteiger partial charge is 0.465 e. The van der Waals surface area contributed by atoms with Crippen LogP contribution in [-0.2, 0) is 19.0 Å². The molecule has 0 aromatic carbocycles. The molecule has 0 aromatic rings. The number of rotatable bonds is 6. The molecule has 0 saturated carbocycles. The average Bonchev–Trinajstić information content (AvgIpc) is 2.67.